The van der Waals surface area contributed by atoms with E-state index >= 15 is 0 Å². The van der Waals surface area contributed by atoms with Crippen LogP contribution in [0.3, 0.4) is 0 Å². The van der Waals surface area contributed by atoms with Crippen LogP contribution in [0, 0.1) is 0 Å². The Balaban J connectivity index is 1.98. The molecule has 0 amide bonds. The molecule has 3 rings (SSSR count). The maximum atomic E-state index is 4.51. The average molecular weight is 229 g/mol. The zero-order valence-electron chi connectivity index (χ0n) is 9.58. The molecule has 5 nitrogen and oxygen atoms in total. The molecule has 1 aliphatic heterocycles. The Bertz CT molecular complexity index is 473. The van der Waals surface area contributed by atoms with Gasteiger partial charge in [0.05, 0.1) is 5.69 Å². The Morgan fingerprint density at radius 1 is 1.24 bits per heavy atom. The van der Waals surface area contributed by atoms with Gasteiger partial charge in [0, 0.05) is 37.3 Å². The van der Waals surface area contributed by atoms with Crippen molar-refractivity contribution in [3.63, 3.8) is 0 Å². The highest BCUT2D eigenvalue weighted by atomic mass is 15.1. The van der Waals surface area contributed by atoms with Gasteiger partial charge in [0.15, 0.2) is 5.82 Å². The van der Waals surface area contributed by atoms with Crippen LogP contribution in [0.5, 0.6) is 0 Å². The molecule has 0 spiro atoms. The van der Waals surface area contributed by atoms with Gasteiger partial charge in [-0.15, -0.1) is 0 Å². The molecule has 0 bridgehead atoms. The van der Waals surface area contributed by atoms with Crippen molar-refractivity contribution in [1.82, 2.24) is 24.8 Å². The van der Waals surface area contributed by atoms with Crippen LogP contribution in [-0.2, 0) is 0 Å². The Morgan fingerprint density at radius 2 is 2.18 bits per heavy atom. The van der Waals surface area contributed by atoms with E-state index in [9.17, 15) is 0 Å². The van der Waals surface area contributed by atoms with Crippen LogP contribution in [0.25, 0.3) is 5.82 Å². The number of nitrogens with zero attached hydrogens (tertiary/aromatic N) is 4. The van der Waals surface area contributed by atoms with Crippen LogP contribution >= 0.6 is 0 Å². The molecule has 17 heavy (non-hydrogen) atoms. The quantitative estimate of drug-likeness (QED) is 0.838. The lowest BCUT2D eigenvalue weighted by molar-refractivity contribution is 0.452. The molecule has 2 aromatic heterocycles. The average Bonchev–Trinajstić information content (AvgIpc) is 2.94. The van der Waals surface area contributed by atoms with Gasteiger partial charge in [0.1, 0.15) is 6.33 Å². The fourth-order valence-corrected chi connectivity index (χ4v) is 2.30. The number of nitrogens with one attached hydrogen (secondary N) is 1. The maximum absolute atomic E-state index is 4.51. The number of piperidine rings is 1. The summed E-state index contributed by atoms with van der Waals surface area (Å²) >= 11 is 0. The molecule has 1 atom stereocenters. The van der Waals surface area contributed by atoms with Crippen LogP contribution in [0.15, 0.2) is 31.1 Å². The Morgan fingerprint density at radius 3 is 2.94 bits per heavy atom. The summed E-state index contributed by atoms with van der Waals surface area (Å²) in [6.07, 6.45) is 11.3. The van der Waals surface area contributed by atoms with Crippen LogP contribution in [0.2, 0.25) is 0 Å². The first-order valence-electron chi connectivity index (χ1n) is 5.95. The second-order valence-electron chi connectivity index (χ2n) is 4.28. The highest BCUT2D eigenvalue weighted by Gasteiger charge is 2.20. The van der Waals surface area contributed by atoms with Crippen LogP contribution in [-0.4, -0.2) is 32.6 Å². The van der Waals surface area contributed by atoms with E-state index in [4.69, 9.17) is 0 Å². The summed E-state index contributed by atoms with van der Waals surface area (Å²) in [7, 11) is 0. The third-order valence-electron chi connectivity index (χ3n) is 3.14. The Labute approximate surface area is 99.9 Å². The second kappa shape index (κ2) is 4.63. The molecule has 1 N–H and O–H groups in total. The summed E-state index contributed by atoms with van der Waals surface area (Å²) in [5.41, 5.74) is 1.07. The van der Waals surface area contributed by atoms with Crippen molar-refractivity contribution in [2.75, 3.05) is 13.1 Å². The monoisotopic (exact) mass is 229 g/mol. The number of aromatic nitrogens is 4. The molecular weight excluding hydrogens is 214 g/mol. The molecule has 1 aliphatic rings. The molecule has 1 fully saturated rings. The lowest BCUT2D eigenvalue weighted by atomic mass is 9.96. The van der Waals surface area contributed by atoms with Crippen LogP contribution < -0.4 is 5.32 Å². The van der Waals surface area contributed by atoms with Crippen molar-refractivity contribution in [1.29, 1.82) is 0 Å². The van der Waals surface area contributed by atoms with E-state index in [2.05, 4.69) is 20.3 Å². The highest BCUT2D eigenvalue weighted by molar-refractivity contribution is 5.31. The fourth-order valence-electron chi connectivity index (χ4n) is 2.30. The molecule has 1 saturated heterocycles. The maximum Gasteiger partial charge on any atom is 0.160 e. The van der Waals surface area contributed by atoms with Gasteiger partial charge in [0.2, 0.25) is 0 Å². The molecule has 2 aromatic rings. The molecule has 88 valence electrons. The van der Waals surface area contributed by atoms with Gasteiger partial charge in [-0.1, -0.05) is 0 Å². The number of rotatable bonds is 2. The van der Waals surface area contributed by atoms with E-state index < -0.39 is 0 Å². The Kier molecular flexibility index (Phi) is 2.83. The van der Waals surface area contributed by atoms with Crippen molar-refractivity contribution in [3.05, 3.63) is 36.8 Å². The first kappa shape index (κ1) is 10.4. The van der Waals surface area contributed by atoms with Crippen LogP contribution in [0.1, 0.15) is 24.5 Å². The van der Waals surface area contributed by atoms with Gasteiger partial charge in [0.25, 0.3) is 0 Å². The largest absolute Gasteiger partial charge is 0.316 e. The van der Waals surface area contributed by atoms with E-state index in [0.29, 0.717) is 5.92 Å². The summed E-state index contributed by atoms with van der Waals surface area (Å²) in [6, 6.07) is 0. The predicted octanol–water partition coefficient (Wildman–Crippen LogP) is 1.13. The zero-order chi connectivity index (χ0) is 11.5. The molecule has 0 saturated carbocycles. The minimum Gasteiger partial charge on any atom is -0.316 e. The Hall–Kier alpha value is -1.75. The predicted molar refractivity (Wildman–Crippen MR) is 64.0 cm³/mol. The first-order valence-corrected chi connectivity index (χ1v) is 5.95. The minimum absolute atomic E-state index is 0.454. The lowest BCUT2D eigenvalue weighted by Gasteiger charge is -2.23. The third-order valence-corrected chi connectivity index (χ3v) is 3.14. The molecule has 3 heterocycles. The lowest BCUT2D eigenvalue weighted by Crippen LogP contribution is -2.29. The molecule has 1 unspecified atom stereocenters. The van der Waals surface area contributed by atoms with Gasteiger partial charge in [-0.05, 0) is 19.4 Å². The van der Waals surface area contributed by atoms with E-state index in [0.717, 1.165) is 24.6 Å². The van der Waals surface area contributed by atoms with Crippen molar-refractivity contribution < 1.29 is 0 Å². The number of hydrogen-bond donors (Lipinski definition) is 1. The van der Waals surface area contributed by atoms with Gasteiger partial charge < -0.3 is 5.32 Å². The SMILES string of the molecule is c1cn(-c2nccnc2C2CCCNC2)cn1. The summed E-state index contributed by atoms with van der Waals surface area (Å²) in [6.45, 7) is 2.09. The summed E-state index contributed by atoms with van der Waals surface area (Å²) in [4.78, 5) is 13.0. The van der Waals surface area contributed by atoms with Gasteiger partial charge in [-0.25, -0.2) is 9.97 Å². The molecular formula is C12H15N5. The van der Waals surface area contributed by atoms with Gasteiger partial charge >= 0.3 is 0 Å². The zero-order valence-corrected chi connectivity index (χ0v) is 9.58. The van der Waals surface area contributed by atoms with Gasteiger partial charge in [-0.2, -0.15) is 0 Å². The molecule has 0 aliphatic carbocycles. The van der Waals surface area contributed by atoms with Crippen molar-refractivity contribution in [3.8, 4) is 5.82 Å². The molecule has 0 aromatic carbocycles. The van der Waals surface area contributed by atoms with E-state index in [1.807, 2.05) is 10.8 Å². The molecule has 5 heteroatoms. The molecule has 0 radical (unpaired) electrons. The summed E-state index contributed by atoms with van der Waals surface area (Å²) < 4.78 is 1.93. The third kappa shape index (κ3) is 2.06. The normalized spacial score (nSPS) is 20.4. The van der Waals surface area contributed by atoms with Crippen LogP contribution in [0.4, 0.5) is 0 Å². The van der Waals surface area contributed by atoms with Crippen molar-refractivity contribution >= 4 is 0 Å². The number of imidazole rings is 1. The van der Waals surface area contributed by atoms with E-state index in [1.54, 1.807) is 24.9 Å². The van der Waals surface area contributed by atoms with Gasteiger partial charge in [-0.3, -0.25) is 9.55 Å². The fraction of sp³-hybridized carbons (Fsp3) is 0.417. The first-order chi connectivity index (χ1) is 8.45. The highest BCUT2D eigenvalue weighted by Crippen LogP contribution is 2.24. The second-order valence-corrected chi connectivity index (χ2v) is 4.28. The van der Waals surface area contributed by atoms with Crippen molar-refractivity contribution in [2.45, 2.75) is 18.8 Å². The number of hydrogen-bond acceptors (Lipinski definition) is 4. The standard InChI is InChI=1S/C12H15N5/c1-2-10(8-13-3-1)11-12(16-5-4-15-11)17-7-6-14-9-17/h4-7,9-10,13H,1-3,8H2. The minimum atomic E-state index is 0.454. The topological polar surface area (TPSA) is 55.6 Å². The van der Waals surface area contributed by atoms with E-state index in [1.165, 1.54) is 12.8 Å². The van der Waals surface area contributed by atoms with Crippen molar-refractivity contribution in [2.24, 2.45) is 0 Å². The smallest absolute Gasteiger partial charge is 0.160 e. The summed E-state index contributed by atoms with van der Waals surface area (Å²) in [5, 5.41) is 3.41. The van der Waals surface area contributed by atoms with E-state index in [-0.39, 0.29) is 0 Å². The summed E-state index contributed by atoms with van der Waals surface area (Å²) in [5.74, 6) is 1.36.